The van der Waals surface area contributed by atoms with Crippen molar-refractivity contribution in [3.63, 3.8) is 0 Å². The van der Waals surface area contributed by atoms with Crippen molar-refractivity contribution in [3.8, 4) is 0 Å². The molecule has 124 valence electrons. The van der Waals surface area contributed by atoms with Crippen LogP contribution >= 0.6 is 0 Å². The topological polar surface area (TPSA) is 75.5 Å². The van der Waals surface area contributed by atoms with E-state index in [1.807, 2.05) is 12.1 Å². The van der Waals surface area contributed by atoms with E-state index in [1.54, 1.807) is 12.1 Å². The molecule has 1 aliphatic rings. The summed E-state index contributed by atoms with van der Waals surface area (Å²) in [5.41, 5.74) is 0.881. The van der Waals surface area contributed by atoms with E-state index in [-0.39, 0.29) is 11.3 Å². The third kappa shape index (κ3) is 3.19. The van der Waals surface area contributed by atoms with Gasteiger partial charge in [-0.2, -0.15) is 0 Å². The number of anilines is 2. The minimum atomic E-state index is -0.916. The Kier molecular flexibility index (Phi) is 4.41. The molecular weight excluding hydrogens is 313 g/mol. The standard InChI is InChI=1S/C17H16FN3O3/c18-14-11-12(21(23)24)7-8-13(14)17(22)19-15-5-1-2-6-16(15)20-9-3-4-10-20/h1-2,5-8,11H,3-4,9-10H2,(H,19,22). The molecule has 1 fully saturated rings. The zero-order valence-corrected chi connectivity index (χ0v) is 12.9. The van der Waals surface area contributed by atoms with Gasteiger partial charge in [-0.15, -0.1) is 0 Å². The van der Waals surface area contributed by atoms with Crippen LogP contribution in [0.2, 0.25) is 0 Å². The highest BCUT2D eigenvalue weighted by Crippen LogP contribution is 2.29. The van der Waals surface area contributed by atoms with E-state index >= 15 is 0 Å². The average molecular weight is 329 g/mol. The van der Waals surface area contributed by atoms with E-state index in [2.05, 4.69) is 10.2 Å². The summed E-state index contributed by atoms with van der Waals surface area (Å²) in [5, 5.41) is 13.4. The van der Waals surface area contributed by atoms with Crippen LogP contribution < -0.4 is 10.2 Å². The summed E-state index contributed by atoms with van der Waals surface area (Å²) < 4.78 is 14.0. The second kappa shape index (κ2) is 6.66. The number of nitrogens with one attached hydrogen (secondary N) is 1. The lowest BCUT2D eigenvalue weighted by Crippen LogP contribution is -2.21. The Hall–Kier alpha value is -2.96. The van der Waals surface area contributed by atoms with Crippen molar-refractivity contribution in [1.82, 2.24) is 0 Å². The highest BCUT2D eigenvalue weighted by atomic mass is 19.1. The molecule has 1 amide bonds. The maximum absolute atomic E-state index is 14.0. The highest BCUT2D eigenvalue weighted by molar-refractivity contribution is 6.06. The number of carbonyl (C=O) groups excluding carboxylic acids is 1. The number of rotatable bonds is 4. The van der Waals surface area contributed by atoms with Crippen LogP contribution in [0.1, 0.15) is 23.2 Å². The maximum Gasteiger partial charge on any atom is 0.272 e. The quantitative estimate of drug-likeness (QED) is 0.687. The molecule has 0 bridgehead atoms. The zero-order chi connectivity index (χ0) is 17.1. The molecule has 1 N–H and O–H groups in total. The van der Waals surface area contributed by atoms with E-state index in [9.17, 15) is 19.3 Å². The van der Waals surface area contributed by atoms with Crippen LogP contribution in [0.3, 0.4) is 0 Å². The number of amides is 1. The third-order valence-corrected chi connectivity index (χ3v) is 4.01. The molecule has 0 aliphatic carbocycles. The first kappa shape index (κ1) is 15.9. The molecule has 1 aliphatic heterocycles. The van der Waals surface area contributed by atoms with Crippen LogP contribution in [-0.4, -0.2) is 23.9 Å². The number of para-hydroxylation sites is 2. The molecule has 0 saturated carbocycles. The van der Waals surface area contributed by atoms with Gasteiger partial charge in [0.2, 0.25) is 0 Å². The summed E-state index contributed by atoms with van der Waals surface area (Å²) in [4.78, 5) is 24.5. The molecule has 0 aromatic heterocycles. The van der Waals surface area contributed by atoms with E-state index < -0.39 is 16.6 Å². The van der Waals surface area contributed by atoms with Gasteiger partial charge in [0.05, 0.1) is 27.9 Å². The van der Waals surface area contributed by atoms with Crippen molar-refractivity contribution < 1.29 is 14.1 Å². The molecule has 24 heavy (non-hydrogen) atoms. The number of carbonyl (C=O) groups is 1. The summed E-state index contributed by atoms with van der Waals surface area (Å²) in [6.07, 6.45) is 2.19. The van der Waals surface area contributed by atoms with E-state index in [1.165, 1.54) is 0 Å². The summed E-state index contributed by atoms with van der Waals surface area (Å²) in [5.74, 6) is -1.55. The van der Waals surface area contributed by atoms with Crippen LogP contribution in [-0.2, 0) is 0 Å². The molecule has 0 atom stereocenters. The third-order valence-electron chi connectivity index (χ3n) is 4.01. The summed E-state index contributed by atoms with van der Waals surface area (Å²) in [7, 11) is 0. The van der Waals surface area contributed by atoms with Gasteiger partial charge in [-0.1, -0.05) is 12.1 Å². The molecule has 0 unspecified atom stereocenters. The van der Waals surface area contributed by atoms with Gasteiger partial charge in [0, 0.05) is 19.2 Å². The number of benzene rings is 2. The van der Waals surface area contributed by atoms with Crippen molar-refractivity contribution in [2.45, 2.75) is 12.8 Å². The minimum absolute atomic E-state index is 0.225. The molecule has 1 saturated heterocycles. The maximum atomic E-state index is 14.0. The van der Waals surface area contributed by atoms with Gasteiger partial charge < -0.3 is 10.2 Å². The van der Waals surface area contributed by atoms with Gasteiger partial charge in [-0.05, 0) is 31.0 Å². The highest BCUT2D eigenvalue weighted by Gasteiger charge is 2.19. The Morgan fingerprint density at radius 1 is 1.17 bits per heavy atom. The van der Waals surface area contributed by atoms with Gasteiger partial charge in [-0.25, -0.2) is 4.39 Å². The Labute approximate surface area is 138 Å². The number of halogens is 1. The molecule has 1 heterocycles. The van der Waals surface area contributed by atoms with Crippen LogP contribution in [0, 0.1) is 15.9 Å². The fraction of sp³-hybridized carbons (Fsp3) is 0.235. The molecule has 6 nitrogen and oxygen atoms in total. The van der Waals surface area contributed by atoms with Crippen LogP contribution in [0.4, 0.5) is 21.5 Å². The molecule has 2 aromatic rings. The fourth-order valence-corrected chi connectivity index (χ4v) is 2.80. The lowest BCUT2D eigenvalue weighted by Gasteiger charge is -2.21. The first-order chi connectivity index (χ1) is 11.6. The molecule has 7 heteroatoms. The summed E-state index contributed by atoms with van der Waals surface area (Å²) in [6.45, 7) is 1.83. The lowest BCUT2D eigenvalue weighted by molar-refractivity contribution is -0.385. The average Bonchev–Trinajstić information content (AvgIpc) is 3.09. The number of nitro benzene ring substituents is 1. The summed E-state index contributed by atoms with van der Waals surface area (Å²) >= 11 is 0. The normalized spacial score (nSPS) is 13.8. The number of hydrogen-bond acceptors (Lipinski definition) is 4. The number of nitro groups is 1. The van der Waals surface area contributed by atoms with Crippen LogP contribution in [0.5, 0.6) is 0 Å². The van der Waals surface area contributed by atoms with Gasteiger partial charge in [-0.3, -0.25) is 14.9 Å². The van der Waals surface area contributed by atoms with E-state index in [0.29, 0.717) is 5.69 Å². The predicted molar refractivity (Wildman–Crippen MR) is 88.9 cm³/mol. The Balaban J connectivity index is 1.84. The monoisotopic (exact) mass is 329 g/mol. The van der Waals surface area contributed by atoms with Gasteiger partial charge in [0.15, 0.2) is 0 Å². The minimum Gasteiger partial charge on any atom is -0.370 e. The summed E-state index contributed by atoms with van der Waals surface area (Å²) in [6, 6.07) is 10.3. The first-order valence-corrected chi connectivity index (χ1v) is 7.65. The van der Waals surface area contributed by atoms with Crippen molar-refractivity contribution in [1.29, 1.82) is 0 Å². The number of nitrogens with zero attached hydrogens (tertiary/aromatic N) is 2. The molecule has 3 rings (SSSR count). The molecule has 2 aromatic carbocycles. The largest absolute Gasteiger partial charge is 0.370 e. The van der Waals surface area contributed by atoms with E-state index in [0.717, 1.165) is 49.8 Å². The van der Waals surface area contributed by atoms with Gasteiger partial charge in [0.25, 0.3) is 11.6 Å². The molecular formula is C17H16FN3O3. The Morgan fingerprint density at radius 2 is 1.88 bits per heavy atom. The van der Waals surface area contributed by atoms with Gasteiger partial charge >= 0.3 is 0 Å². The molecule has 0 spiro atoms. The second-order valence-electron chi connectivity index (χ2n) is 5.59. The van der Waals surface area contributed by atoms with Crippen molar-refractivity contribution in [2.75, 3.05) is 23.3 Å². The fourth-order valence-electron chi connectivity index (χ4n) is 2.80. The van der Waals surface area contributed by atoms with Crippen molar-refractivity contribution >= 4 is 23.0 Å². The van der Waals surface area contributed by atoms with Crippen molar-refractivity contribution in [2.24, 2.45) is 0 Å². The predicted octanol–water partition coefficient (Wildman–Crippen LogP) is 3.59. The number of non-ortho nitro benzene ring substituents is 1. The Bertz CT molecular complexity index is 788. The SMILES string of the molecule is O=C(Nc1ccccc1N1CCCC1)c1ccc([N+](=O)[O-])cc1F. The van der Waals surface area contributed by atoms with Gasteiger partial charge in [0.1, 0.15) is 5.82 Å². The van der Waals surface area contributed by atoms with Crippen molar-refractivity contribution in [3.05, 3.63) is 64.0 Å². The molecule has 0 radical (unpaired) electrons. The smallest absolute Gasteiger partial charge is 0.272 e. The second-order valence-corrected chi connectivity index (χ2v) is 5.59. The zero-order valence-electron chi connectivity index (χ0n) is 12.9. The van der Waals surface area contributed by atoms with E-state index in [4.69, 9.17) is 0 Å². The van der Waals surface area contributed by atoms with Crippen LogP contribution in [0.25, 0.3) is 0 Å². The Morgan fingerprint density at radius 3 is 2.54 bits per heavy atom. The lowest BCUT2D eigenvalue weighted by atomic mass is 10.1. The number of hydrogen-bond donors (Lipinski definition) is 1. The first-order valence-electron chi connectivity index (χ1n) is 7.65. The van der Waals surface area contributed by atoms with Crippen LogP contribution in [0.15, 0.2) is 42.5 Å².